The summed E-state index contributed by atoms with van der Waals surface area (Å²) < 4.78 is 4.74. The van der Waals surface area contributed by atoms with E-state index in [1.807, 2.05) is 19.1 Å². The van der Waals surface area contributed by atoms with E-state index in [0.29, 0.717) is 5.92 Å². The number of ether oxygens (including phenoxy) is 1. The zero-order valence-electron chi connectivity index (χ0n) is 12.8. The molecule has 1 aromatic rings. The van der Waals surface area contributed by atoms with Gasteiger partial charge in [-0.1, -0.05) is 38.1 Å². The van der Waals surface area contributed by atoms with Crippen molar-refractivity contribution in [2.75, 3.05) is 13.2 Å². The molecule has 0 heterocycles. The van der Waals surface area contributed by atoms with Gasteiger partial charge in [-0.3, -0.25) is 4.79 Å². The van der Waals surface area contributed by atoms with Crippen molar-refractivity contribution in [1.82, 2.24) is 5.32 Å². The summed E-state index contributed by atoms with van der Waals surface area (Å²) in [5.74, 6) is -0.800. The second kappa shape index (κ2) is 8.42. The van der Waals surface area contributed by atoms with Crippen LogP contribution < -0.4 is 5.32 Å². The Bertz CT molecular complexity index is 468. The molecule has 1 amide bonds. The molecule has 0 aromatic heterocycles. The first-order chi connectivity index (χ1) is 9.88. The quantitative estimate of drug-likeness (QED) is 0.770. The molecule has 0 saturated heterocycles. The maximum atomic E-state index is 11.6. The lowest BCUT2D eigenvalue weighted by molar-refractivity contribution is -0.143. The van der Waals surface area contributed by atoms with Crippen molar-refractivity contribution in [2.24, 2.45) is 5.92 Å². The van der Waals surface area contributed by atoms with Gasteiger partial charge in [0.15, 0.2) is 0 Å². The number of aliphatic carboxylic acids is 1. The molecule has 116 valence electrons. The van der Waals surface area contributed by atoms with Crippen molar-refractivity contribution in [3.05, 3.63) is 35.4 Å². The molecule has 1 unspecified atom stereocenters. The van der Waals surface area contributed by atoms with E-state index in [4.69, 9.17) is 9.84 Å². The summed E-state index contributed by atoms with van der Waals surface area (Å²) in [6, 6.07) is 8.00. The lowest BCUT2D eigenvalue weighted by Crippen LogP contribution is -2.30. The summed E-state index contributed by atoms with van der Waals surface area (Å²) >= 11 is 0. The fourth-order valence-corrected chi connectivity index (χ4v) is 2.01. The fraction of sp³-hybridized carbons (Fsp3) is 0.500. The van der Waals surface area contributed by atoms with E-state index < -0.39 is 12.6 Å². The van der Waals surface area contributed by atoms with Gasteiger partial charge in [-0.05, 0) is 30.4 Å². The van der Waals surface area contributed by atoms with Crippen LogP contribution in [0.4, 0.5) is 0 Å². The van der Waals surface area contributed by atoms with Crippen molar-refractivity contribution < 1.29 is 19.4 Å². The van der Waals surface area contributed by atoms with E-state index in [1.54, 1.807) is 0 Å². The third kappa shape index (κ3) is 6.90. The zero-order chi connectivity index (χ0) is 15.8. The Morgan fingerprint density at radius 3 is 2.29 bits per heavy atom. The smallest absolute Gasteiger partial charge is 0.329 e. The highest BCUT2D eigenvalue weighted by molar-refractivity contribution is 5.78. The molecule has 0 bridgehead atoms. The molecule has 5 heteroatoms. The fourth-order valence-electron chi connectivity index (χ4n) is 2.01. The average molecular weight is 293 g/mol. The maximum Gasteiger partial charge on any atom is 0.329 e. The molecular formula is C16H23NO4. The van der Waals surface area contributed by atoms with Crippen LogP contribution in [0.5, 0.6) is 0 Å². The van der Waals surface area contributed by atoms with Crippen molar-refractivity contribution in [3.63, 3.8) is 0 Å². The summed E-state index contributed by atoms with van der Waals surface area (Å²) in [6.45, 7) is 5.52. The Kier molecular flexibility index (Phi) is 6.88. The van der Waals surface area contributed by atoms with Crippen molar-refractivity contribution in [1.29, 1.82) is 0 Å². The molecule has 0 aliphatic rings. The minimum Gasteiger partial charge on any atom is -0.480 e. The number of carboxylic acids is 1. The van der Waals surface area contributed by atoms with Gasteiger partial charge in [0, 0.05) is 0 Å². The standard InChI is InChI=1S/C16H23NO4/c1-11(2)8-13-4-6-14(7-5-13)12(3)17-15(18)9-21-10-16(19)20/h4-7,11-12H,8-10H2,1-3H3,(H,17,18)(H,19,20). The van der Waals surface area contributed by atoms with Gasteiger partial charge in [0.2, 0.25) is 5.91 Å². The second-order valence-electron chi connectivity index (χ2n) is 5.52. The number of benzene rings is 1. The highest BCUT2D eigenvalue weighted by Gasteiger charge is 2.10. The minimum atomic E-state index is -1.09. The molecule has 0 spiro atoms. The molecule has 1 aromatic carbocycles. The lowest BCUT2D eigenvalue weighted by atomic mass is 10.00. The van der Waals surface area contributed by atoms with Gasteiger partial charge in [-0.2, -0.15) is 0 Å². The van der Waals surface area contributed by atoms with Gasteiger partial charge in [-0.25, -0.2) is 4.79 Å². The van der Waals surface area contributed by atoms with Crippen LogP contribution in [-0.4, -0.2) is 30.2 Å². The predicted molar refractivity (Wildman–Crippen MR) is 80.0 cm³/mol. The summed E-state index contributed by atoms with van der Waals surface area (Å²) in [6.07, 6.45) is 1.03. The van der Waals surface area contributed by atoms with Gasteiger partial charge in [0.25, 0.3) is 0 Å². The van der Waals surface area contributed by atoms with Crippen molar-refractivity contribution in [3.8, 4) is 0 Å². The molecular weight excluding hydrogens is 270 g/mol. The van der Waals surface area contributed by atoms with Gasteiger partial charge in [0.1, 0.15) is 13.2 Å². The largest absolute Gasteiger partial charge is 0.480 e. The van der Waals surface area contributed by atoms with Crippen LogP contribution >= 0.6 is 0 Å². The maximum absolute atomic E-state index is 11.6. The Morgan fingerprint density at radius 2 is 1.76 bits per heavy atom. The molecule has 0 saturated carbocycles. The van der Waals surface area contributed by atoms with Gasteiger partial charge < -0.3 is 15.2 Å². The number of rotatable bonds is 8. The summed E-state index contributed by atoms with van der Waals surface area (Å²) in [7, 11) is 0. The first-order valence-corrected chi connectivity index (χ1v) is 7.06. The molecule has 21 heavy (non-hydrogen) atoms. The van der Waals surface area contributed by atoms with E-state index in [0.717, 1.165) is 12.0 Å². The first kappa shape index (κ1) is 17.2. The van der Waals surface area contributed by atoms with Crippen LogP contribution in [0.25, 0.3) is 0 Å². The zero-order valence-corrected chi connectivity index (χ0v) is 12.8. The van der Waals surface area contributed by atoms with Gasteiger partial charge >= 0.3 is 5.97 Å². The third-order valence-electron chi connectivity index (χ3n) is 2.96. The molecule has 2 N–H and O–H groups in total. The molecule has 1 atom stereocenters. The monoisotopic (exact) mass is 293 g/mol. The number of hydrogen-bond acceptors (Lipinski definition) is 3. The number of carbonyl (C=O) groups is 2. The SMILES string of the molecule is CC(C)Cc1ccc(C(C)NC(=O)COCC(=O)O)cc1. The van der Waals surface area contributed by atoms with Crippen LogP contribution in [0.2, 0.25) is 0 Å². The number of amides is 1. The Balaban J connectivity index is 2.45. The number of nitrogens with one attached hydrogen (secondary N) is 1. The predicted octanol–water partition coefficient (Wildman–Crippen LogP) is 2.16. The van der Waals surface area contributed by atoms with Crippen LogP contribution in [0.1, 0.15) is 37.9 Å². The second-order valence-corrected chi connectivity index (χ2v) is 5.52. The van der Waals surface area contributed by atoms with E-state index in [1.165, 1.54) is 5.56 Å². The molecule has 0 radical (unpaired) electrons. The van der Waals surface area contributed by atoms with E-state index in [2.05, 4.69) is 31.3 Å². The van der Waals surface area contributed by atoms with Gasteiger partial charge in [-0.15, -0.1) is 0 Å². The van der Waals surface area contributed by atoms with Crippen LogP contribution in [0.3, 0.4) is 0 Å². The van der Waals surface area contributed by atoms with Crippen LogP contribution in [0.15, 0.2) is 24.3 Å². The van der Waals surface area contributed by atoms with E-state index in [9.17, 15) is 9.59 Å². The number of carboxylic acid groups (broad SMARTS) is 1. The third-order valence-corrected chi connectivity index (χ3v) is 2.96. The Hall–Kier alpha value is -1.88. The molecule has 0 aliphatic heterocycles. The number of carbonyl (C=O) groups excluding carboxylic acids is 1. The summed E-state index contributed by atoms with van der Waals surface area (Å²) in [5, 5.41) is 11.2. The van der Waals surface area contributed by atoms with E-state index >= 15 is 0 Å². The minimum absolute atomic E-state index is 0.140. The topological polar surface area (TPSA) is 75.6 Å². The molecule has 1 rings (SSSR count). The lowest BCUT2D eigenvalue weighted by Gasteiger charge is -2.15. The highest BCUT2D eigenvalue weighted by atomic mass is 16.5. The van der Waals surface area contributed by atoms with Crippen LogP contribution in [0, 0.1) is 5.92 Å². The van der Waals surface area contributed by atoms with Crippen molar-refractivity contribution >= 4 is 11.9 Å². The summed E-state index contributed by atoms with van der Waals surface area (Å²) in [5.41, 5.74) is 2.28. The summed E-state index contributed by atoms with van der Waals surface area (Å²) in [4.78, 5) is 21.9. The number of hydrogen-bond donors (Lipinski definition) is 2. The Morgan fingerprint density at radius 1 is 1.14 bits per heavy atom. The van der Waals surface area contributed by atoms with Gasteiger partial charge in [0.05, 0.1) is 6.04 Å². The van der Waals surface area contributed by atoms with E-state index in [-0.39, 0.29) is 18.6 Å². The highest BCUT2D eigenvalue weighted by Crippen LogP contribution is 2.15. The molecule has 0 aliphatic carbocycles. The normalized spacial score (nSPS) is 12.2. The van der Waals surface area contributed by atoms with Crippen molar-refractivity contribution in [2.45, 2.75) is 33.2 Å². The molecule has 5 nitrogen and oxygen atoms in total. The van der Waals surface area contributed by atoms with Crippen LogP contribution in [-0.2, 0) is 20.7 Å². The first-order valence-electron chi connectivity index (χ1n) is 7.06. The Labute approximate surface area is 125 Å². The average Bonchev–Trinajstić information content (AvgIpc) is 2.38. The molecule has 0 fully saturated rings.